The molecule has 0 bridgehead atoms. The first-order chi connectivity index (χ1) is 16.1. The number of carbonyl (C=O) groups is 1. The van der Waals surface area contributed by atoms with Gasteiger partial charge in [-0.15, -0.1) is 11.3 Å². The normalized spacial score (nSPS) is 13.2. The van der Waals surface area contributed by atoms with Crippen LogP contribution in [0, 0.1) is 6.92 Å². The number of aryl methyl sites for hydroxylation is 4. The van der Waals surface area contributed by atoms with Crippen LogP contribution in [0.15, 0.2) is 50.9 Å². The van der Waals surface area contributed by atoms with Crippen molar-refractivity contribution in [3.05, 3.63) is 68.4 Å². The van der Waals surface area contributed by atoms with Gasteiger partial charge in [0, 0.05) is 17.5 Å². The molecule has 1 N–H and O–H groups in total. The highest BCUT2D eigenvalue weighted by atomic mass is 32.2. The summed E-state index contributed by atoms with van der Waals surface area (Å²) in [6.45, 7) is 2.31. The van der Waals surface area contributed by atoms with E-state index < -0.39 is 0 Å². The second-order valence-corrected chi connectivity index (χ2v) is 10.2. The lowest BCUT2D eigenvalue weighted by molar-refractivity contribution is -0.113. The summed E-state index contributed by atoms with van der Waals surface area (Å²) in [6, 6.07) is 11.8. The first-order valence-corrected chi connectivity index (χ1v) is 12.8. The molecule has 33 heavy (non-hydrogen) atoms. The summed E-state index contributed by atoms with van der Waals surface area (Å²) in [5.74, 6) is 0.202. The molecular weight excluding hydrogens is 456 g/mol. The van der Waals surface area contributed by atoms with Crippen LogP contribution in [-0.2, 0) is 30.6 Å². The minimum Gasteiger partial charge on any atom is -0.338 e. The summed E-state index contributed by atoms with van der Waals surface area (Å²) in [6.07, 6.45) is 4.94. The third-order valence-electron chi connectivity index (χ3n) is 5.73. The molecule has 9 heteroatoms. The fraction of sp³-hybridized carbons (Fsp3) is 0.333. The predicted octanol–water partition coefficient (Wildman–Crippen LogP) is 4.61. The highest BCUT2D eigenvalue weighted by molar-refractivity contribution is 7.99. The zero-order chi connectivity index (χ0) is 22.8. The lowest BCUT2D eigenvalue weighted by Crippen LogP contribution is -2.25. The Kier molecular flexibility index (Phi) is 6.32. The van der Waals surface area contributed by atoms with Crippen molar-refractivity contribution in [2.45, 2.75) is 50.7 Å². The zero-order valence-electron chi connectivity index (χ0n) is 18.3. The van der Waals surface area contributed by atoms with E-state index in [2.05, 4.69) is 22.6 Å². The minimum absolute atomic E-state index is 0.00380. The molecule has 4 aromatic rings. The number of carbonyl (C=O) groups excluding carboxylic acids is 1. The largest absolute Gasteiger partial charge is 0.338 e. The van der Waals surface area contributed by atoms with E-state index in [4.69, 9.17) is 9.51 Å². The first-order valence-electron chi connectivity index (χ1n) is 11.0. The Bertz CT molecular complexity index is 1360. The van der Waals surface area contributed by atoms with E-state index in [1.807, 2.05) is 18.2 Å². The van der Waals surface area contributed by atoms with Crippen molar-refractivity contribution in [3.8, 4) is 0 Å². The van der Waals surface area contributed by atoms with E-state index in [9.17, 15) is 9.59 Å². The number of fused-ring (bicyclic) bond motifs is 3. The molecule has 0 unspecified atom stereocenters. The Morgan fingerprint density at radius 3 is 2.85 bits per heavy atom. The van der Waals surface area contributed by atoms with E-state index in [-0.39, 0.29) is 17.2 Å². The molecule has 0 saturated heterocycles. The van der Waals surface area contributed by atoms with Gasteiger partial charge in [-0.25, -0.2) is 4.98 Å². The number of anilines is 1. The van der Waals surface area contributed by atoms with Gasteiger partial charge in [-0.2, -0.15) is 0 Å². The maximum atomic E-state index is 13.6. The van der Waals surface area contributed by atoms with Gasteiger partial charge in [0.25, 0.3) is 5.56 Å². The van der Waals surface area contributed by atoms with Gasteiger partial charge >= 0.3 is 0 Å². The molecule has 3 aromatic heterocycles. The average Bonchev–Trinajstić information content (AvgIpc) is 3.40. The topological polar surface area (TPSA) is 90.0 Å². The number of benzene rings is 1. The number of thioether (sulfide) groups is 1. The molecule has 1 amide bonds. The Morgan fingerprint density at radius 1 is 1.24 bits per heavy atom. The van der Waals surface area contributed by atoms with Crippen LogP contribution in [0.5, 0.6) is 0 Å². The fourth-order valence-electron chi connectivity index (χ4n) is 4.14. The molecule has 1 aliphatic rings. The smallest absolute Gasteiger partial charge is 0.263 e. The van der Waals surface area contributed by atoms with Gasteiger partial charge in [0.15, 0.2) is 5.16 Å². The molecule has 170 valence electrons. The van der Waals surface area contributed by atoms with E-state index in [0.29, 0.717) is 23.3 Å². The van der Waals surface area contributed by atoms with Gasteiger partial charge in [0.1, 0.15) is 4.83 Å². The molecule has 0 atom stereocenters. The SMILES string of the molecule is Cc1cc(NC(=O)CSc2nc3sc4c(c3c(=O)n2CCc2ccccc2)CCCC4)on1. The van der Waals surface area contributed by atoms with Crippen molar-refractivity contribution in [2.75, 3.05) is 11.1 Å². The molecule has 0 aliphatic heterocycles. The van der Waals surface area contributed by atoms with Crippen molar-refractivity contribution in [2.24, 2.45) is 0 Å². The average molecular weight is 481 g/mol. The summed E-state index contributed by atoms with van der Waals surface area (Å²) in [5.41, 5.74) is 3.04. The van der Waals surface area contributed by atoms with E-state index >= 15 is 0 Å². The van der Waals surface area contributed by atoms with Crippen LogP contribution in [0.1, 0.15) is 34.5 Å². The van der Waals surface area contributed by atoms with Gasteiger partial charge < -0.3 is 4.52 Å². The standard InChI is InChI=1S/C24H24N4O3S2/c1-15-13-20(31-27-15)25-19(29)14-32-24-26-22-21(17-9-5-6-10-18(17)33-22)23(30)28(24)12-11-16-7-3-2-4-8-16/h2-4,7-8,13H,5-6,9-12,14H2,1H3,(H,25,29). The Morgan fingerprint density at radius 2 is 2.06 bits per heavy atom. The van der Waals surface area contributed by atoms with E-state index in [1.54, 1.807) is 28.9 Å². The van der Waals surface area contributed by atoms with Crippen molar-refractivity contribution in [1.82, 2.24) is 14.7 Å². The number of rotatable bonds is 7. The maximum Gasteiger partial charge on any atom is 0.263 e. The van der Waals surface area contributed by atoms with Crippen LogP contribution in [-0.4, -0.2) is 26.4 Å². The second-order valence-electron chi connectivity index (χ2n) is 8.15. The van der Waals surface area contributed by atoms with Crippen molar-refractivity contribution in [3.63, 3.8) is 0 Å². The number of nitrogens with zero attached hydrogens (tertiary/aromatic N) is 3. The Hall–Kier alpha value is -2.91. The fourth-order valence-corrected chi connectivity index (χ4v) is 6.27. The first kappa shape index (κ1) is 21.9. The van der Waals surface area contributed by atoms with Crippen LogP contribution >= 0.6 is 23.1 Å². The van der Waals surface area contributed by atoms with Crippen LogP contribution < -0.4 is 10.9 Å². The molecule has 3 heterocycles. The highest BCUT2D eigenvalue weighted by Crippen LogP contribution is 2.34. The van der Waals surface area contributed by atoms with Crippen LogP contribution in [0.2, 0.25) is 0 Å². The molecular formula is C24H24N4O3S2. The maximum absolute atomic E-state index is 13.6. The lowest BCUT2D eigenvalue weighted by Gasteiger charge is -2.13. The molecule has 7 nitrogen and oxygen atoms in total. The highest BCUT2D eigenvalue weighted by Gasteiger charge is 2.22. The molecule has 1 aromatic carbocycles. The number of hydrogen-bond donors (Lipinski definition) is 1. The molecule has 0 radical (unpaired) electrons. The number of nitrogens with one attached hydrogen (secondary N) is 1. The summed E-state index contributed by atoms with van der Waals surface area (Å²) < 4.78 is 6.80. The molecule has 0 spiro atoms. The number of aromatic nitrogens is 3. The van der Waals surface area contributed by atoms with E-state index in [1.165, 1.54) is 22.2 Å². The summed E-state index contributed by atoms with van der Waals surface area (Å²) in [4.78, 5) is 33.0. The van der Waals surface area contributed by atoms with Crippen LogP contribution in [0.25, 0.3) is 10.2 Å². The monoisotopic (exact) mass is 480 g/mol. The summed E-state index contributed by atoms with van der Waals surface area (Å²) >= 11 is 2.90. The van der Waals surface area contributed by atoms with Crippen molar-refractivity contribution in [1.29, 1.82) is 0 Å². The summed E-state index contributed by atoms with van der Waals surface area (Å²) in [7, 11) is 0. The number of thiophene rings is 1. The molecule has 1 aliphatic carbocycles. The van der Waals surface area contributed by atoms with Gasteiger partial charge in [-0.05, 0) is 50.2 Å². The lowest BCUT2D eigenvalue weighted by atomic mass is 9.97. The Labute approximate surface area is 199 Å². The molecule has 0 fully saturated rings. The second kappa shape index (κ2) is 9.52. The molecule has 5 rings (SSSR count). The third kappa shape index (κ3) is 4.74. The quantitative estimate of drug-likeness (QED) is 0.307. The van der Waals surface area contributed by atoms with Crippen LogP contribution in [0.4, 0.5) is 5.88 Å². The van der Waals surface area contributed by atoms with E-state index in [0.717, 1.165) is 47.9 Å². The predicted molar refractivity (Wildman–Crippen MR) is 131 cm³/mol. The molecule has 0 saturated carbocycles. The third-order valence-corrected chi connectivity index (χ3v) is 7.89. The number of amides is 1. The zero-order valence-corrected chi connectivity index (χ0v) is 19.9. The van der Waals surface area contributed by atoms with Gasteiger partial charge in [-0.3, -0.25) is 19.5 Å². The Balaban J connectivity index is 1.44. The van der Waals surface area contributed by atoms with Crippen LogP contribution in [0.3, 0.4) is 0 Å². The summed E-state index contributed by atoms with van der Waals surface area (Å²) in [5, 5.41) is 7.83. The van der Waals surface area contributed by atoms with Crippen molar-refractivity contribution < 1.29 is 9.32 Å². The van der Waals surface area contributed by atoms with Gasteiger partial charge in [-0.1, -0.05) is 47.3 Å². The minimum atomic E-state index is -0.231. The van der Waals surface area contributed by atoms with Crippen molar-refractivity contribution >= 4 is 45.1 Å². The van der Waals surface area contributed by atoms with Gasteiger partial charge in [0.05, 0.1) is 16.8 Å². The van der Waals surface area contributed by atoms with Gasteiger partial charge in [0.2, 0.25) is 11.8 Å². The number of hydrogen-bond acceptors (Lipinski definition) is 7.